The molecule has 0 aliphatic heterocycles. The Bertz CT molecular complexity index is 1160. The van der Waals surface area contributed by atoms with Crippen molar-refractivity contribution in [3.8, 4) is 17.2 Å². The van der Waals surface area contributed by atoms with Gasteiger partial charge in [0, 0.05) is 27.7 Å². The van der Waals surface area contributed by atoms with E-state index in [1.165, 1.54) is 6.07 Å². The fourth-order valence-corrected chi connectivity index (χ4v) is 4.65. The van der Waals surface area contributed by atoms with E-state index in [2.05, 4.69) is 0 Å². The van der Waals surface area contributed by atoms with Crippen LogP contribution < -0.4 is 5.73 Å². The number of benzene rings is 2. The van der Waals surface area contributed by atoms with E-state index in [1.54, 1.807) is 24.3 Å². The molecule has 0 saturated heterocycles. The predicted octanol–water partition coefficient (Wildman–Crippen LogP) is 3.52. The standard InChI is InChI=1S/C22H24F3N3O4S/c1-14-2-4-15(5-3-14)18-7-6-17(12-16(18)13-26)21(31,22(23,24)25)9-11-33(28,32)10-8-19(27)20(29)30/h2-7,12,19,28,31H,8-11,27H2,1H3,(H,29,30)/t19-,21?,33?/m0/s1. The summed E-state index contributed by atoms with van der Waals surface area (Å²) in [5.41, 5.74) is 3.11. The van der Waals surface area contributed by atoms with Crippen LogP contribution in [0.2, 0.25) is 0 Å². The van der Waals surface area contributed by atoms with Gasteiger partial charge in [0.15, 0.2) is 5.60 Å². The molecule has 0 spiro atoms. The highest BCUT2D eigenvalue weighted by Crippen LogP contribution is 2.43. The minimum atomic E-state index is -5.18. The van der Waals surface area contributed by atoms with Crippen LogP contribution in [0.4, 0.5) is 13.2 Å². The number of halogens is 3. The van der Waals surface area contributed by atoms with E-state index in [1.807, 2.05) is 13.0 Å². The zero-order valence-electron chi connectivity index (χ0n) is 17.7. The second kappa shape index (κ2) is 9.91. The summed E-state index contributed by atoms with van der Waals surface area (Å²) in [6.45, 7) is 1.86. The second-order valence-corrected chi connectivity index (χ2v) is 10.2. The number of rotatable bonds is 9. The Morgan fingerprint density at radius 3 is 2.33 bits per heavy atom. The van der Waals surface area contributed by atoms with Crippen molar-refractivity contribution in [3.05, 3.63) is 59.2 Å². The van der Waals surface area contributed by atoms with Gasteiger partial charge in [0.05, 0.1) is 11.6 Å². The lowest BCUT2D eigenvalue weighted by atomic mass is 9.87. The molecule has 0 amide bonds. The van der Waals surface area contributed by atoms with Gasteiger partial charge >= 0.3 is 12.1 Å². The fraction of sp³-hybridized carbons (Fsp3) is 0.364. The number of aliphatic hydroxyl groups is 1. The molecule has 11 heteroatoms. The van der Waals surface area contributed by atoms with Gasteiger partial charge in [0.2, 0.25) is 0 Å². The van der Waals surface area contributed by atoms with Crippen LogP contribution in [0, 0.1) is 23.0 Å². The minimum absolute atomic E-state index is 0.0851. The number of hydrogen-bond donors (Lipinski definition) is 4. The van der Waals surface area contributed by atoms with Crippen molar-refractivity contribution >= 4 is 15.7 Å². The van der Waals surface area contributed by atoms with E-state index in [0.29, 0.717) is 11.1 Å². The molecule has 5 N–H and O–H groups in total. The van der Waals surface area contributed by atoms with Crippen LogP contribution in [0.5, 0.6) is 0 Å². The van der Waals surface area contributed by atoms with Crippen molar-refractivity contribution in [1.82, 2.24) is 0 Å². The Balaban J connectivity index is 2.37. The fourth-order valence-electron chi connectivity index (χ4n) is 3.18. The molecule has 0 fully saturated rings. The zero-order valence-corrected chi connectivity index (χ0v) is 18.5. The summed E-state index contributed by atoms with van der Waals surface area (Å²) in [5.74, 6) is -2.74. The maximum Gasteiger partial charge on any atom is 0.421 e. The summed E-state index contributed by atoms with van der Waals surface area (Å²) in [6.07, 6.45) is -6.64. The Hall–Kier alpha value is -2.94. The summed E-state index contributed by atoms with van der Waals surface area (Å²) in [6, 6.07) is 10.8. The molecule has 3 atom stereocenters. The van der Waals surface area contributed by atoms with Crippen LogP contribution in [-0.4, -0.2) is 44.1 Å². The third-order valence-electron chi connectivity index (χ3n) is 5.32. The molecule has 0 aliphatic carbocycles. The van der Waals surface area contributed by atoms with Crippen LogP contribution in [0.1, 0.15) is 29.5 Å². The number of alkyl halides is 3. The molecular formula is C22H24F3N3O4S. The number of hydrogen-bond acceptors (Lipinski definition) is 6. The van der Waals surface area contributed by atoms with Crippen molar-refractivity contribution < 1.29 is 32.4 Å². The Kier molecular flexibility index (Phi) is 7.90. The lowest BCUT2D eigenvalue weighted by Crippen LogP contribution is -2.44. The summed E-state index contributed by atoms with van der Waals surface area (Å²) in [5, 5.41) is 28.9. The van der Waals surface area contributed by atoms with Crippen LogP contribution >= 0.6 is 0 Å². The monoisotopic (exact) mass is 483 g/mol. The van der Waals surface area contributed by atoms with Gasteiger partial charge < -0.3 is 15.9 Å². The SMILES string of the molecule is Cc1ccc(-c2ccc(C(O)(CCS(=N)(=O)CC[C@H](N)C(=O)O)C(F)(F)F)cc2C#N)cc1. The number of carboxylic acid groups (broad SMARTS) is 1. The lowest BCUT2D eigenvalue weighted by molar-refractivity contribution is -0.267. The topological polar surface area (TPSA) is 148 Å². The molecule has 2 aromatic rings. The molecule has 33 heavy (non-hydrogen) atoms. The minimum Gasteiger partial charge on any atom is -0.480 e. The molecule has 0 heterocycles. The highest BCUT2D eigenvalue weighted by atomic mass is 32.2. The summed E-state index contributed by atoms with van der Waals surface area (Å²) in [7, 11) is -3.65. The molecule has 178 valence electrons. The van der Waals surface area contributed by atoms with Gasteiger partial charge in [0.25, 0.3) is 0 Å². The highest BCUT2D eigenvalue weighted by molar-refractivity contribution is 7.92. The van der Waals surface area contributed by atoms with E-state index in [0.717, 1.165) is 17.7 Å². The molecule has 7 nitrogen and oxygen atoms in total. The number of carboxylic acids is 1. The zero-order chi connectivity index (χ0) is 25.0. The summed E-state index contributed by atoms with van der Waals surface area (Å²) < 4.78 is 61.9. The first-order chi connectivity index (χ1) is 15.2. The van der Waals surface area contributed by atoms with Crippen molar-refractivity contribution in [3.63, 3.8) is 0 Å². The Morgan fingerprint density at radius 2 is 1.82 bits per heavy atom. The van der Waals surface area contributed by atoms with Crippen molar-refractivity contribution in [1.29, 1.82) is 10.0 Å². The normalized spacial score (nSPS) is 16.3. The van der Waals surface area contributed by atoms with Gasteiger partial charge in [-0.05, 0) is 36.1 Å². The van der Waals surface area contributed by atoms with E-state index < -0.39 is 57.0 Å². The number of nitrogens with zero attached hydrogens (tertiary/aromatic N) is 1. The molecule has 0 radical (unpaired) electrons. The third-order valence-corrected chi connectivity index (χ3v) is 7.08. The van der Waals surface area contributed by atoms with E-state index in [4.69, 9.17) is 15.6 Å². The quantitative estimate of drug-likeness (QED) is 0.429. The van der Waals surface area contributed by atoms with Gasteiger partial charge in [0.1, 0.15) is 6.04 Å². The molecule has 2 rings (SSSR count). The van der Waals surface area contributed by atoms with Crippen LogP contribution in [0.25, 0.3) is 11.1 Å². The molecule has 2 aromatic carbocycles. The smallest absolute Gasteiger partial charge is 0.421 e. The number of nitrogens with one attached hydrogen (secondary N) is 1. The largest absolute Gasteiger partial charge is 0.480 e. The lowest BCUT2D eigenvalue weighted by Gasteiger charge is -2.31. The Morgan fingerprint density at radius 1 is 1.21 bits per heavy atom. The van der Waals surface area contributed by atoms with Gasteiger partial charge in [-0.3, -0.25) is 9.57 Å². The number of nitrogens with two attached hydrogens (primary N) is 1. The average Bonchev–Trinajstić information content (AvgIpc) is 2.75. The predicted molar refractivity (Wildman–Crippen MR) is 117 cm³/mol. The molecule has 0 saturated carbocycles. The molecule has 0 aromatic heterocycles. The molecule has 0 aliphatic rings. The summed E-state index contributed by atoms with van der Waals surface area (Å²) in [4.78, 5) is 10.8. The van der Waals surface area contributed by atoms with E-state index >= 15 is 0 Å². The molecule has 0 bridgehead atoms. The first-order valence-corrected chi connectivity index (χ1v) is 11.7. The van der Waals surface area contributed by atoms with E-state index in [-0.39, 0.29) is 12.0 Å². The average molecular weight is 484 g/mol. The van der Waals surface area contributed by atoms with Crippen molar-refractivity contribution in [2.24, 2.45) is 5.73 Å². The maximum atomic E-state index is 13.9. The highest BCUT2D eigenvalue weighted by Gasteiger charge is 2.55. The van der Waals surface area contributed by atoms with Gasteiger partial charge in [-0.15, -0.1) is 0 Å². The summed E-state index contributed by atoms with van der Waals surface area (Å²) >= 11 is 0. The molecule has 2 unspecified atom stereocenters. The third kappa shape index (κ3) is 6.31. The first-order valence-electron chi connectivity index (χ1n) is 9.83. The number of aryl methyl sites for hydroxylation is 1. The van der Waals surface area contributed by atoms with Gasteiger partial charge in [-0.2, -0.15) is 18.4 Å². The Labute approximate surface area is 189 Å². The van der Waals surface area contributed by atoms with E-state index in [9.17, 15) is 32.5 Å². The molecular weight excluding hydrogens is 459 g/mol. The number of aliphatic carboxylic acids is 1. The maximum absolute atomic E-state index is 13.9. The van der Waals surface area contributed by atoms with Crippen LogP contribution in [0.3, 0.4) is 0 Å². The van der Waals surface area contributed by atoms with Gasteiger partial charge in [-0.25, -0.2) is 4.21 Å². The first kappa shape index (κ1) is 26.3. The number of carbonyl (C=O) groups is 1. The van der Waals surface area contributed by atoms with Crippen molar-refractivity contribution in [2.45, 2.75) is 37.6 Å². The van der Waals surface area contributed by atoms with Crippen LogP contribution in [0.15, 0.2) is 42.5 Å². The second-order valence-electron chi connectivity index (χ2n) is 7.80. The van der Waals surface area contributed by atoms with Crippen molar-refractivity contribution in [2.75, 3.05) is 11.5 Å². The number of nitriles is 1. The van der Waals surface area contributed by atoms with Crippen LogP contribution in [-0.2, 0) is 20.1 Å². The van der Waals surface area contributed by atoms with Gasteiger partial charge in [-0.1, -0.05) is 42.0 Å².